The van der Waals surface area contributed by atoms with Crippen molar-refractivity contribution in [2.75, 3.05) is 13.1 Å². The molecular weight excluding hydrogens is 316 g/mol. The van der Waals surface area contributed by atoms with Gasteiger partial charge in [-0.05, 0) is 37.5 Å². The summed E-state index contributed by atoms with van der Waals surface area (Å²) in [6, 6.07) is 5.71. The third-order valence-corrected chi connectivity index (χ3v) is 5.06. The topological polar surface area (TPSA) is 76.8 Å². The van der Waals surface area contributed by atoms with Crippen molar-refractivity contribution < 1.29 is 4.79 Å². The molecule has 1 unspecified atom stereocenters. The molecule has 1 atom stereocenters. The van der Waals surface area contributed by atoms with Crippen LogP contribution in [0.25, 0.3) is 11.0 Å². The van der Waals surface area contributed by atoms with Crippen molar-refractivity contribution in [1.82, 2.24) is 29.9 Å². The Bertz CT molecular complexity index is 947. The van der Waals surface area contributed by atoms with Crippen molar-refractivity contribution >= 4 is 16.9 Å². The molecule has 1 saturated heterocycles. The molecule has 1 aliphatic carbocycles. The molecule has 5 rings (SSSR count). The maximum absolute atomic E-state index is 12.8. The number of hydrogen-bond acceptors (Lipinski definition) is 5. The zero-order valence-electron chi connectivity index (χ0n) is 13.7. The summed E-state index contributed by atoms with van der Waals surface area (Å²) < 4.78 is 1.94. The summed E-state index contributed by atoms with van der Waals surface area (Å²) in [5, 5.41) is 8.56. The Kier molecular flexibility index (Phi) is 3.26. The van der Waals surface area contributed by atoms with E-state index in [9.17, 15) is 4.79 Å². The second-order valence-corrected chi connectivity index (χ2v) is 6.85. The van der Waals surface area contributed by atoms with E-state index in [2.05, 4.69) is 26.5 Å². The summed E-state index contributed by atoms with van der Waals surface area (Å²) in [5.74, 6) is 0.643. The van der Waals surface area contributed by atoms with Gasteiger partial charge in [0.25, 0.3) is 5.91 Å². The summed E-state index contributed by atoms with van der Waals surface area (Å²) in [7, 11) is 0. The maximum Gasteiger partial charge on any atom is 0.254 e. The molecule has 3 aromatic rings. The van der Waals surface area contributed by atoms with E-state index in [0.717, 1.165) is 29.7 Å². The van der Waals surface area contributed by atoms with Gasteiger partial charge in [0.1, 0.15) is 0 Å². The van der Waals surface area contributed by atoms with Crippen molar-refractivity contribution in [2.24, 2.45) is 0 Å². The summed E-state index contributed by atoms with van der Waals surface area (Å²) in [4.78, 5) is 23.2. The quantitative estimate of drug-likeness (QED) is 0.734. The summed E-state index contributed by atoms with van der Waals surface area (Å²) in [6.07, 6.45) is 8.71. The highest BCUT2D eigenvalue weighted by Crippen LogP contribution is 2.39. The van der Waals surface area contributed by atoms with E-state index in [-0.39, 0.29) is 11.9 Å². The number of aromatic nitrogens is 5. The fourth-order valence-electron chi connectivity index (χ4n) is 3.46. The zero-order valence-corrected chi connectivity index (χ0v) is 13.7. The predicted molar refractivity (Wildman–Crippen MR) is 91.1 cm³/mol. The molecule has 3 heterocycles. The molecule has 25 heavy (non-hydrogen) atoms. The Labute approximate surface area is 144 Å². The van der Waals surface area contributed by atoms with E-state index in [4.69, 9.17) is 0 Å². The lowest BCUT2D eigenvalue weighted by molar-refractivity contribution is 0.0787. The van der Waals surface area contributed by atoms with Crippen LogP contribution in [0.5, 0.6) is 0 Å². The van der Waals surface area contributed by atoms with Crippen molar-refractivity contribution in [3.05, 3.63) is 48.0 Å². The van der Waals surface area contributed by atoms with Crippen LogP contribution in [0.1, 0.15) is 47.3 Å². The molecule has 2 aliphatic rings. The number of benzene rings is 1. The second-order valence-electron chi connectivity index (χ2n) is 6.85. The molecule has 1 aromatic carbocycles. The third kappa shape index (κ3) is 2.65. The number of nitrogens with zero attached hydrogens (tertiary/aromatic N) is 6. The Morgan fingerprint density at radius 1 is 1.08 bits per heavy atom. The largest absolute Gasteiger partial charge is 0.336 e. The Morgan fingerprint density at radius 2 is 1.92 bits per heavy atom. The minimum absolute atomic E-state index is 0.0394. The molecule has 2 fully saturated rings. The van der Waals surface area contributed by atoms with Crippen molar-refractivity contribution in [2.45, 2.75) is 31.2 Å². The lowest BCUT2D eigenvalue weighted by Crippen LogP contribution is -2.29. The molecule has 126 valence electrons. The fourth-order valence-corrected chi connectivity index (χ4v) is 3.46. The number of fused-ring (bicyclic) bond motifs is 1. The minimum atomic E-state index is 0.0394. The molecule has 1 aliphatic heterocycles. The standard InChI is InChI=1S/C18H18N6O/c25-18(13-3-4-15-16(9-13)20-7-6-19-15)23-8-5-14(10-23)24-11-17(21-22-24)12-1-2-12/h3-4,6-7,9,11-12,14H,1-2,5,8,10H2. The number of carbonyl (C=O) groups excluding carboxylic acids is 1. The average Bonchev–Trinajstić information content (AvgIpc) is 3.19. The molecule has 7 nitrogen and oxygen atoms in total. The van der Waals surface area contributed by atoms with E-state index < -0.39 is 0 Å². The highest BCUT2D eigenvalue weighted by Gasteiger charge is 2.31. The molecule has 0 spiro atoms. The van der Waals surface area contributed by atoms with E-state index in [1.54, 1.807) is 12.4 Å². The van der Waals surface area contributed by atoms with Gasteiger partial charge in [0.15, 0.2) is 0 Å². The first kappa shape index (κ1) is 14.5. The number of amides is 1. The Morgan fingerprint density at radius 3 is 2.76 bits per heavy atom. The summed E-state index contributed by atoms with van der Waals surface area (Å²) in [5.41, 5.74) is 3.30. The van der Waals surface area contributed by atoms with Crippen LogP contribution in [0.3, 0.4) is 0 Å². The molecule has 0 N–H and O–H groups in total. The average molecular weight is 334 g/mol. The van der Waals surface area contributed by atoms with E-state index in [0.29, 0.717) is 18.0 Å². The molecule has 1 amide bonds. The van der Waals surface area contributed by atoms with Gasteiger partial charge in [0.2, 0.25) is 0 Å². The molecule has 0 bridgehead atoms. The summed E-state index contributed by atoms with van der Waals surface area (Å²) in [6.45, 7) is 1.41. The lowest BCUT2D eigenvalue weighted by Gasteiger charge is -2.16. The minimum Gasteiger partial charge on any atom is -0.336 e. The van der Waals surface area contributed by atoms with Crippen LogP contribution in [0, 0.1) is 0 Å². The normalized spacial score (nSPS) is 20.3. The van der Waals surface area contributed by atoms with Gasteiger partial charge in [-0.25, -0.2) is 4.68 Å². The Hall–Kier alpha value is -2.83. The smallest absolute Gasteiger partial charge is 0.254 e. The highest BCUT2D eigenvalue weighted by atomic mass is 16.2. The van der Waals surface area contributed by atoms with Crippen molar-refractivity contribution in [3.8, 4) is 0 Å². The zero-order chi connectivity index (χ0) is 16.8. The van der Waals surface area contributed by atoms with Crippen LogP contribution in [-0.2, 0) is 0 Å². The predicted octanol–water partition coefficient (Wildman–Crippen LogP) is 2.19. The van der Waals surface area contributed by atoms with Crippen molar-refractivity contribution in [1.29, 1.82) is 0 Å². The van der Waals surface area contributed by atoms with E-state index >= 15 is 0 Å². The SMILES string of the molecule is O=C(c1ccc2nccnc2c1)N1CCC(n2cc(C3CC3)nn2)C1. The first-order valence-electron chi connectivity index (χ1n) is 8.70. The molecule has 1 saturated carbocycles. The second kappa shape index (κ2) is 5.61. The third-order valence-electron chi connectivity index (χ3n) is 5.06. The Balaban J connectivity index is 1.33. The van der Waals surface area contributed by atoms with Gasteiger partial charge >= 0.3 is 0 Å². The van der Waals surface area contributed by atoms with Crippen LogP contribution in [0.2, 0.25) is 0 Å². The monoisotopic (exact) mass is 334 g/mol. The molecule has 0 radical (unpaired) electrons. The molecule has 7 heteroatoms. The number of likely N-dealkylation sites (tertiary alicyclic amines) is 1. The number of hydrogen-bond donors (Lipinski definition) is 0. The first-order valence-corrected chi connectivity index (χ1v) is 8.70. The number of carbonyl (C=O) groups is 1. The van der Waals surface area contributed by atoms with Gasteiger partial charge in [-0.3, -0.25) is 14.8 Å². The van der Waals surface area contributed by atoms with Gasteiger partial charge < -0.3 is 4.90 Å². The molecule has 2 aromatic heterocycles. The van der Waals surface area contributed by atoms with Gasteiger partial charge in [-0.2, -0.15) is 0 Å². The van der Waals surface area contributed by atoms with Gasteiger partial charge in [-0.15, -0.1) is 5.10 Å². The van der Waals surface area contributed by atoms with Crippen LogP contribution in [-0.4, -0.2) is 48.9 Å². The lowest BCUT2D eigenvalue weighted by atomic mass is 10.1. The van der Waals surface area contributed by atoms with Gasteiger partial charge in [-0.1, -0.05) is 5.21 Å². The first-order chi connectivity index (χ1) is 12.3. The van der Waals surface area contributed by atoms with Crippen LogP contribution >= 0.6 is 0 Å². The maximum atomic E-state index is 12.8. The van der Waals surface area contributed by atoms with E-state index in [1.807, 2.05) is 27.8 Å². The summed E-state index contributed by atoms with van der Waals surface area (Å²) >= 11 is 0. The number of rotatable bonds is 3. The van der Waals surface area contributed by atoms with Crippen LogP contribution in [0.4, 0.5) is 0 Å². The van der Waals surface area contributed by atoms with Gasteiger partial charge in [0, 0.05) is 43.2 Å². The van der Waals surface area contributed by atoms with Crippen LogP contribution < -0.4 is 0 Å². The van der Waals surface area contributed by atoms with Crippen molar-refractivity contribution in [3.63, 3.8) is 0 Å². The highest BCUT2D eigenvalue weighted by molar-refractivity contribution is 5.97. The van der Waals surface area contributed by atoms with Gasteiger partial charge in [0.05, 0.1) is 22.8 Å². The fraction of sp³-hybridized carbons (Fsp3) is 0.389. The van der Waals surface area contributed by atoms with Crippen LogP contribution in [0.15, 0.2) is 36.8 Å². The molecular formula is C18H18N6O. The van der Waals surface area contributed by atoms with E-state index in [1.165, 1.54) is 12.8 Å².